The summed E-state index contributed by atoms with van der Waals surface area (Å²) >= 11 is 1.62. The first kappa shape index (κ1) is 20.5. The highest BCUT2D eigenvalue weighted by Gasteiger charge is 2.33. The molecule has 5 heteroatoms. The number of amides is 1. The summed E-state index contributed by atoms with van der Waals surface area (Å²) in [5.74, 6) is 0.742. The Hall–Kier alpha value is -3.44. The number of nitrogens with zero attached hydrogens (tertiary/aromatic N) is 2. The molecular formula is C27H24N2O2S. The van der Waals surface area contributed by atoms with Gasteiger partial charge in [0.1, 0.15) is 10.8 Å². The summed E-state index contributed by atoms with van der Waals surface area (Å²) < 4.78 is 6.04. The zero-order valence-corrected chi connectivity index (χ0v) is 18.9. The van der Waals surface area contributed by atoms with Crippen LogP contribution in [0.4, 0.5) is 5.69 Å². The molecule has 1 aliphatic rings. The van der Waals surface area contributed by atoms with Gasteiger partial charge in [-0.2, -0.15) is 0 Å². The maximum absolute atomic E-state index is 13.2. The molecule has 4 aromatic rings. The van der Waals surface area contributed by atoms with Gasteiger partial charge in [-0.25, -0.2) is 4.98 Å². The largest absolute Gasteiger partial charge is 0.478 e. The number of rotatable bonds is 5. The van der Waals surface area contributed by atoms with E-state index in [2.05, 4.69) is 48.7 Å². The molecule has 0 radical (unpaired) electrons. The van der Waals surface area contributed by atoms with Crippen molar-refractivity contribution >= 4 is 22.9 Å². The van der Waals surface area contributed by atoms with E-state index in [9.17, 15) is 4.79 Å². The molecule has 1 unspecified atom stereocenters. The number of hydrogen-bond acceptors (Lipinski definition) is 4. The Morgan fingerprint density at radius 3 is 2.53 bits per heavy atom. The van der Waals surface area contributed by atoms with Gasteiger partial charge < -0.3 is 9.64 Å². The maximum atomic E-state index is 13.2. The first-order valence-electron chi connectivity index (χ1n) is 10.8. The van der Waals surface area contributed by atoms with Crippen LogP contribution in [0.15, 0.2) is 78.2 Å². The van der Waals surface area contributed by atoms with E-state index in [0.717, 1.165) is 38.8 Å². The summed E-state index contributed by atoms with van der Waals surface area (Å²) in [7, 11) is 0. The fourth-order valence-corrected chi connectivity index (χ4v) is 4.74. The number of hydrogen-bond donors (Lipinski definition) is 0. The molecule has 1 aliphatic heterocycles. The number of thiazole rings is 1. The molecule has 2 heterocycles. The summed E-state index contributed by atoms with van der Waals surface area (Å²) in [6, 6.07) is 24.5. The van der Waals surface area contributed by atoms with Gasteiger partial charge in [0.05, 0.1) is 17.9 Å². The Balaban J connectivity index is 1.51. The molecule has 1 atom stereocenters. The Morgan fingerprint density at radius 2 is 1.78 bits per heavy atom. The predicted octanol–water partition coefficient (Wildman–Crippen LogP) is 6.49. The van der Waals surface area contributed by atoms with Gasteiger partial charge in [-0.15, -0.1) is 11.3 Å². The summed E-state index contributed by atoms with van der Waals surface area (Å²) in [6.07, 6.45) is 0.180. The number of carbonyl (C=O) groups excluding carboxylic acids is 1. The fourth-order valence-electron chi connectivity index (χ4n) is 3.90. The van der Waals surface area contributed by atoms with Gasteiger partial charge >= 0.3 is 0 Å². The number of carbonyl (C=O) groups is 1. The fraction of sp³-hybridized carbons (Fsp3) is 0.185. The first-order chi connectivity index (χ1) is 15.6. The second kappa shape index (κ2) is 8.60. The van der Waals surface area contributed by atoms with Crippen molar-refractivity contribution in [3.8, 4) is 27.6 Å². The van der Waals surface area contributed by atoms with Crippen LogP contribution in [0, 0.1) is 6.92 Å². The molecular weight excluding hydrogens is 416 g/mol. The van der Waals surface area contributed by atoms with Crippen molar-refractivity contribution in [2.45, 2.75) is 32.9 Å². The van der Waals surface area contributed by atoms with Gasteiger partial charge in [0.25, 0.3) is 5.91 Å². The third-order valence-electron chi connectivity index (χ3n) is 5.71. The lowest BCUT2D eigenvalue weighted by molar-refractivity contribution is -0.126. The SMILES string of the molecule is CCC1Oc2ccc(-c3csc(-c4ccccc4)n3)cc2N(Cc2ccc(C)cc2)C1=O. The molecule has 0 saturated carbocycles. The van der Waals surface area contributed by atoms with Crippen LogP contribution in [0.5, 0.6) is 5.75 Å². The highest BCUT2D eigenvalue weighted by atomic mass is 32.1. The van der Waals surface area contributed by atoms with Crippen molar-refractivity contribution in [1.29, 1.82) is 0 Å². The number of ether oxygens (including phenoxy) is 1. The minimum absolute atomic E-state index is 0.000905. The molecule has 1 amide bonds. The third kappa shape index (κ3) is 3.92. The van der Waals surface area contributed by atoms with Gasteiger partial charge in [-0.3, -0.25) is 4.79 Å². The zero-order valence-electron chi connectivity index (χ0n) is 18.1. The minimum atomic E-state index is -0.456. The molecule has 160 valence electrons. The van der Waals surface area contributed by atoms with Crippen molar-refractivity contribution in [2.24, 2.45) is 0 Å². The number of fused-ring (bicyclic) bond motifs is 1. The number of aryl methyl sites for hydroxylation is 1. The van der Waals surface area contributed by atoms with Crippen LogP contribution in [-0.2, 0) is 11.3 Å². The van der Waals surface area contributed by atoms with Crippen LogP contribution in [0.25, 0.3) is 21.8 Å². The van der Waals surface area contributed by atoms with E-state index in [1.165, 1.54) is 5.56 Å². The summed E-state index contributed by atoms with van der Waals surface area (Å²) in [6.45, 7) is 4.56. The molecule has 32 heavy (non-hydrogen) atoms. The van der Waals surface area contributed by atoms with Crippen LogP contribution < -0.4 is 9.64 Å². The normalized spacial score (nSPS) is 15.4. The highest BCUT2D eigenvalue weighted by Crippen LogP contribution is 2.39. The predicted molar refractivity (Wildman–Crippen MR) is 130 cm³/mol. The van der Waals surface area contributed by atoms with Gasteiger partial charge in [0.2, 0.25) is 0 Å². The molecule has 0 bridgehead atoms. The van der Waals surface area contributed by atoms with Crippen LogP contribution in [0.3, 0.4) is 0 Å². The van der Waals surface area contributed by atoms with Crippen LogP contribution in [-0.4, -0.2) is 17.0 Å². The molecule has 3 aromatic carbocycles. The van der Waals surface area contributed by atoms with E-state index in [1.54, 1.807) is 11.3 Å². The van der Waals surface area contributed by atoms with Crippen molar-refractivity contribution in [3.05, 3.63) is 89.3 Å². The van der Waals surface area contributed by atoms with E-state index < -0.39 is 6.10 Å². The Kier molecular flexibility index (Phi) is 5.50. The average molecular weight is 441 g/mol. The van der Waals surface area contributed by atoms with Gasteiger partial charge in [-0.1, -0.05) is 67.1 Å². The molecule has 0 spiro atoms. The first-order valence-corrected chi connectivity index (χ1v) is 11.7. The second-order valence-corrected chi connectivity index (χ2v) is 8.87. The number of benzene rings is 3. The molecule has 1 aromatic heterocycles. The highest BCUT2D eigenvalue weighted by molar-refractivity contribution is 7.13. The van der Waals surface area contributed by atoms with Crippen LogP contribution in [0.1, 0.15) is 24.5 Å². The van der Waals surface area contributed by atoms with Crippen LogP contribution >= 0.6 is 11.3 Å². The molecule has 4 nitrogen and oxygen atoms in total. The Morgan fingerprint density at radius 1 is 1.00 bits per heavy atom. The maximum Gasteiger partial charge on any atom is 0.268 e. The standard InChI is InChI=1S/C27H24N2O2S/c1-3-24-27(30)29(16-19-11-9-18(2)10-12-19)23-15-21(13-14-25(23)31-24)22-17-32-26(28-22)20-7-5-4-6-8-20/h4-15,17,24H,3,16H2,1-2H3. The summed E-state index contributed by atoms with van der Waals surface area (Å²) in [4.78, 5) is 19.9. The van der Waals surface area contributed by atoms with Crippen LogP contribution in [0.2, 0.25) is 0 Å². The van der Waals surface area contributed by atoms with E-state index in [1.807, 2.05) is 48.2 Å². The van der Waals surface area contributed by atoms with Gasteiger partial charge in [0, 0.05) is 16.5 Å². The summed E-state index contributed by atoms with van der Waals surface area (Å²) in [5, 5.41) is 3.04. The summed E-state index contributed by atoms with van der Waals surface area (Å²) in [5.41, 5.74) is 6.07. The average Bonchev–Trinajstić information content (AvgIpc) is 3.33. The van der Waals surface area contributed by atoms with Gasteiger partial charge in [0.15, 0.2) is 6.10 Å². The Bertz CT molecular complexity index is 1250. The van der Waals surface area contributed by atoms with Crippen molar-refractivity contribution in [3.63, 3.8) is 0 Å². The van der Waals surface area contributed by atoms with Gasteiger partial charge in [-0.05, 0) is 37.1 Å². The molecule has 0 saturated heterocycles. The lowest BCUT2D eigenvalue weighted by atomic mass is 10.1. The molecule has 0 N–H and O–H groups in total. The van der Waals surface area contributed by atoms with Crippen molar-refractivity contribution in [1.82, 2.24) is 4.98 Å². The van der Waals surface area contributed by atoms with E-state index in [0.29, 0.717) is 13.0 Å². The minimum Gasteiger partial charge on any atom is -0.478 e. The second-order valence-electron chi connectivity index (χ2n) is 8.01. The monoisotopic (exact) mass is 440 g/mol. The van der Waals surface area contributed by atoms with Crippen molar-refractivity contribution < 1.29 is 9.53 Å². The third-order valence-corrected chi connectivity index (χ3v) is 6.60. The Labute approximate surface area is 192 Å². The topological polar surface area (TPSA) is 42.4 Å². The zero-order chi connectivity index (χ0) is 22.1. The van der Waals surface area contributed by atoms with E-state index >= 15 is 0 Å². The molecule has 5 rings (SSSR count). The van der Waals surface area contributed by atoms with E-state index in [4.69, 9.17) is 9.72 Å². The lowest BCUT2D eigenvalue weighted by Gasteiger charge is -2.34. The molecule has 0 aliphatic carbocycles. The van der Waals surface area contributed by atoms with Crippen molar-refractivity contribution in [2.75, 3.05) is 4.90 Å². The number of anilines is 1. The number of aromatic nitrogens is 1. The smallest absolute Gasteiger partial charge is 0.268 e. The molecule has 0 fully saturated rings. The quantitative estimate of drug-likeness (QED) is 0.356. The lowest BCUT2D eigenvalue weighted by Crippen LogP contribution is -2.45. The van der Waals surface area contributed by atoms with E-state index in [-0.39, 0.29) is 5.91 Å².